The van der Waals surface area contributed by atoms with Crippen molar-refractivity contribution in [3.63, 3.8) is 0 Å². The molecule has 143 heavy (non-hydrogen) atoms. The molecule has 14 aliphatic rings. The van der Waals surface area contributed by atoms with Gasteiger partial charge in [0.1, 0.15) is 12.3 Å². The van der Waals surface area contributed by atoms with Gasteiger partial charge in [-0.25, -0.2) is 0 Å². The Hall–Kier alpha value is -13.4. The van der Waals surface area contributed by atoms with Gasteiger partial charge in [-0.05, 0) is 291 Å². The average molecular weight is 1890 g/mol. The standard InChI is InChI=1S/C35H34N2.C29H30N2.C25H30N2.C24H28N2.C20H22N2/c1-25-15-9-13-23-31(25)36-26(2)33-35(28-18-5-3-6-19-28,29-20-7-4-8-21-29)30-22-12-14-24-32(30)37(33)34(36)27-16-10-11-17-27;1-20-12-6-10-18-25(20)30-21(2)28-27(22-13-4-3-5-14-22)24-17-9-11-19-26(24)31(28)29(30)23-15-7-8-16-23;1-18-11-7-9-15-22(18)26-17-27-23-16-10-8-14-21(23)25(3,24(27)19(26)2)20-12-5-4-6-13-20;1-17-10-4-8-14-21(17)25-16-26-22-15-9-7-13-20(22)24(3,23(26)18(25)2)19-11-5-6-12-19;1-14-9-5-7-11-17(14)21-13-22-18-12-8-6-10-16(18)20(3,4)19(22)15(21)2/h3-9,12-15,18-24,27,34H,10-11,16-17H2,1-2H3;3-6,9-14,17-19,23,27,29H,7-8,15-16H2,1-2H3;7-11,14-16,20H,4-6,12-13,17H2,1-3H3;4,7-10,13-15,19H,5-6,11-12,16H2,1-3H3;5-12H,13H2,1-4H3/i;27D;17D;16D;13D. The SMILES string of the molecule is CC1=C2N(c3ccccc3C2(c2ccccc2)c2ccccc2)C(C2CCCC2)N1c1ccccc1C.[2H]C1(c2ccccc2)C2=C(C)N(c3ccccc3C)C(C3CCCC3)N2c2ccccc21.[2H]C1N(c2ccccc2C)C(C)=C2N1c1ccccc1C2(C)C.[2H]C1N(c2ccccc2C)C(C)=C2N1c1ccccc1C2(C)C1CCCC1.[2H]C1N(c2ccccc2C)C(C)=C2N1c1ccccc1C2(C)C1CCCCC1. The number of rotatable bonds is 12. The van der Waals surface area contributed by atoms with Crippen molar-refractivity contribution in [2.24, 2.45) is 23.7 Å². The van der Waals surface area contributed by atoms with Gasteiger partial charge in [-0.2, -0.15) is 0 Å². The third-order valence-corrected chi connectivity index (χ3v) is 35.5. The lowest BCUT2D eigenvalue weighted by Crippen LogP contribution is -2.45. The van der Waals surface area contributed by atoms with Gasteiger partial charge < -0.3 is 49.0 Å². The molecular formula is C133H144N10. The zero-order valence-electron chi connectivity index (χ0n) is 90.4. The average Bonchev–Trinajstić information content (AvgIpc) is 1.50. The molecule has 10 heterocycles. The highest BCUT2D eigenvalue weighted by Gasteiger charge is 2.61. The van der Waals surface area contributed by atoms with Crippen LogP contribution < -0.4 is 49.0 Å². The van der Waals surface area contributed by atoms with Gasteiger partial charge in [0.2, 0.25) is 0 Å². The number of anilines is 10. The van der Waals surface area contributed by atoms with Crippen LogP contribution in [0.2, 0.25) is 0 Å². The minimum atomic E-state index is -0.907. The minimum Gasteiger partial charge on any atom is -0.325 e. The summed E-state index contributed by atoms with van der Waals surface area (Å²) in [6.45, 7) is 30.2. The summed E-state index contributed by atoms with van der Waals surface area (Å²) in [7, 11) is 0. The third-order valence-electron chi connectivity index (χ3n) is 35.5. The molecule has 0 radical (unpaired) electrons. The molecule has 27 rings (SSSR count). The predicted molar refractivity (Wildman–Crippen MR) is 600 cm³/mol. The maximum atomic E-state index is 10.0. The highest BCUT2D eigenvalue weighted by atomic mass is 15.5. The summed E-state index contributed by atoms with van der Waals surface area (Å²) in [4.78, 5) is 24.0. The second kappa shape index (κ2) is 37.7. The van der Waals surface area contributed by atoms with Crippen LogP contribution in [0, 0.1) is 58.3 Å². The molecule has 4 aliphatic carbocycles. The van der Waals surface area contributed by atoms with Crippen LogP contribution in [0.25, 0.3) is 0 Å². The summed E-state index contributed by atoms with van der Waals surface area (Å²) in [5, 5.41) is 0. The number of hydrogen-bond acceptors (Lipinski definition) is 10. The lowest BCUT2D eigenvalue weighted by atomic mass is 9.65. The van der Waals surface area contributed by atoms with E-state index in [-0.39, 0.29) is 34.0 Å². The van der Waals surface area contributed by atoms with Crippen LogP contribution in [0.3, 0.4) is 0 Å². The second-order valence-corrected chi connectivity index (χ2v) is 43.7. The van der Waals surface area contributed by atoms with Gasteiger partial charge >= 0.3 is 0 Å². The molecule has 4 fully saturated rings. The third kappa shape index (κ3) is 15.1. The van der Waals surface area contributed by atoms with E-state index in [1.54, 1.807) is 0 Å². The first kappa shape index (κ1) is 88.5. The summed E-state index contributed by atoms with van der Waals surface area (Å²) in [5.41, 5.74) is 41.3. The molecule has 0 saturated heterocycles. The molecule has 0 N–H and O–H groups in total. The molecular weight excluding hydrogens is 1740 g/mol. The predicted octanol–water partition coefficient (Wildman–Crippen LogP) is 32.8. The first-order valence-electron chi connectivity index (χ1n) is 55.8. The summed E-state index contributed by atoms with van der Waals surface area (Å²) < 4.78 is 37.3. The Morgan fingerprint density at radius 1 is 0.245 bits per heavy atom. The molecule has 10 heteroatoms. The van der Waals surface area contributed by atoms with E-state index in [1.165, 1.54) is 261 Å². The summed E-state index contributed by atoms with van der Waals surface area (Å²) in [6, 6.07) is 120. The topological polar surface area (TPSA) is 32.4 Å². The van der Waals surface area contributed by atoms with Gasteiger partial charge in [0.05, 0.1) is 46.7 Å². The van der Waals surface area contributed by atoms with Gasteiger partial charge in [-0.1, -0.05) is 345 Å². The summed E-state index contributed by atoms with van der Waals surface area (Å²) >= 11 is 0. The molecule has 4 saturated carbocycles. The Morgan fingerprint density at radius 3 is 0.979 bits per heavy atom. The Labute approximate surface area is 858 Å². The van der Waals surface area contributed by atoms with E-state index in [9.17, 15) is 2.74 Å². The molecule has 13 aromatic rings. The van der Waals surface area contributed by atoms with Crippen LogP contribution in [0.4, 0.5) is 56.9 Å². The quantitative estimate of drug-likeness (QED) is 0.118. The highest BCUT2D eigenvalue weighted by molar-refractivity contribution is 5.87. The van der Waals surface area contributed by atoms with E-state index in [2.05, 4.69) is 474 Å². The first-order chi connectivity index (χ1) is 71.4. The molecule has 0 aromatic heterocycles. The molecule has 8 atom stereocenters. The van der Waals surface area contributed by atoms with E-state index in [0.29, 0.717) is 23.7 Å². The maximum absolute atomic E-state index is 10.0. The van der Waals surface area contributed by atoms with Crippen molar-refractivity contribution in [2.75, 3.05) is 68.9 Å². The van der Waals surface area contributed by atoms with E-state index in [0.717, 1.165) is 33.9 Å². The molecule has 10 nitrogen and oxygen atoms in total. The van der Waals surface area contributed by atoms with E-state index < -0.39 is 25.8 Å². The number of benzene rings is 13. The van der Waals surface area contributed by atoms with Crippen molar-refractivity contribution in [1.29, 1.82) is 0 Å². The Kier molecular flexibility index (Phi) is 23.3. The van der Waals surface area contributed by atoms with Crippen LogP contribution in [-0.4, -0.2) is 32.3 Å². The first-order valence-corrected chi connectivity index (χ1v) is 53.6. The largest absolute Gasteiger partial charge is 0.325 e. The highest BCUT2D eigenvalue weighted by Crippen LogP contribution is 2.66. The smallest absolute Gasteiger partial charge is 0.113 e. The zero-order valence-corrected chi connectivity index (χ0v) is 86.4. The normalized spacial score (nSPS) is 24.9. The lowest BCUT2D eigenvalue weighted by molar-refractivity contribution is 0.254. The fourth-order valence-corrected chi connectivity index (χ4v) is 28.9. The van der Waals surface area contributed by atoms with Crippen LogP contribution >= 0.6 is 0 Å². The van der Waals surface area contributed by atoms with Gasteiger partial charge in [-0.15, -0.1) is 0 Å². The molecule has 13 aromatic carbocycles. The van der Waals surface area contributed by atoms with Gasteiger partial charge in [-0.3, -0.25) is 0 Å². The van der Waals surface area contributed by atoms with Crippen molar-refractivity contribution in [1.82, 2.24) is 0 Å². The van der Waals surface area contributed by atoms with Crippen LogP contribution in [0.5, 0.6) is 0 Å². The number of aryl methyl sites for hydroxylation is 5. The van der Waals surface area contributed by atoms with Gasteiger partial charge in [0.15, 0.2) is 0 Å². The molecule has 8 unspecified atom stereocenters. The number of para-hydroxylation sites is 10. The minimum absolute atomic E-state index is 0.00215. The fourth-order valence-electron chi connectivity index (χ4n) is 28.9. The van der Waals surface area contributed by atoms with Crippen LogP contribution in [0.15, 0.2) is 391 Å². The van der Waals surface area contributed by atoms with Crippen molar-refractivity contribution < 1.29 is 5.48 Å². The molecule has 0 spiro atoms. The maximum Gasteiger partial charge on any atom is 0.113 e. The molecule has 10 aliphatic heterocycles. The molecule has 0 amide bonds. The monoisotopic (exact) mass is 1890 g/mol. The van der Waals surface area contributed by atoms with Gasteiger partial charge in [0, 0.05) is 120 Å². The zero-order chi connectivity index (χ0) is 101. The molecule has 726 valence electrons. The fraction of sp³-hybridized carbons (Fsp3) is 0.338. The number of hydrogen-bond donors (Lipinski definition) is 0. The number of allylic oxidation sites excluding steroid dienone is 10. The number of fused-ring (bicyclic) bond motifs is 15. The van der Waals surface area contributed by atoms with E-state index in [4.69, 9.17) is 2.74 Å². The summed E-state index contributed by atoms with van der Waals surface area (Å²) in [5.74, 6) is 1.63. The van der Waals surface area contributed by atoms with E-state index in [1.807, 2.05) is 6.07 Å². The second-order valence-electron chi connectivity index (χ2n) is 43.7. The van der Waals surface area contributed by atoms with Crippen molar-refractivity contribution in [2.45, 2.75) is 246 Å². The Bertz CT molecular complexity index is 7300. The van der Waals surface area contributed by atoms with Crippen molar-refractivity contribution in [3.05, 3.63) is 463 Å². The summed E-state index contributed by atoms with van der Waals surface area (Å²) in [6.07, 6.45) is 22.7. The Morgan fingerprint density at radius 2 is 0.552 bits per heavy atom. The lowest BCUT2D eigenvalue weighted by Gasteiger charge is -2.39. The van der Waals surface area contributed by atoms with Crippen molar-refractivity contribution in [3.8, 4) is 0 Å². The molecule has 0 bridgehead atoms. The van der Waals surface area contributed by atoms with Gasteiger partial charge in [0.25, 0.3) is 0 Å². The van der Waals surface area contributed by atoms with E-state index >= 15 is 0 Å². The number of nitrogens with zero attached hydrogens (tertiary/aromatic N) is 10. The van der Waals surface area contributed by atoms with Crippen molar-refractivity contribution >= 4 is 56.9 Å². The Balaban J connectivity index is 0.000000102. The van der Waals surface area contributed by atoms with Crippen LogP contribution in [-0.2, 0) is 21.7 Å². The van der Waals surface area contributed by atoms with Crippen LogP contribution in [0.1, 0.15) is 255 Å².